The van der Waals surface area contributed by atoms with E-state index in [0.29, 0.717) is 11.7 Å². The van der Waals surface area contributed by atoms with E-state index in [1.165, 1.54) is 12.1 Å². The maximum Gasteiger partial charge on any atom is 0.263 e. The minimum Gasteiger partial charge on any atom is -0.479 e. The number of pyridine rings is 1. The van der Waals surface area contributed by atoms with Gasteiger partial charge in [0.1, 0.15) is 11.6 Å². The molecule has 1 aliphatic rings. The third-order valence-electron chi connectivity index (χ3n) is 4.33. The van der Waals surface area contributed by atoms with Crippen molar-refractivity contribution in [2.24, 2.45) is 5.92 Å². The molecule has 0 radical (unpaired) electrons. The van der Waals surface area contributed by atoms with Crippen LogP contribution in [0.2, 0.25) is 0 Å². The number of rotatable bonds is 5. The Hall–Kier alpha value is -2.43. The first kappa shape index (κ1) is 16.4. The molecule has 2 atom stereocenters. The monoisotopic (exact) mass is 328 g/mol. The molecule has 2 unspecified atom stereocenters. The second-order valence-corrected chi connectivity index (χ2v) is 6.22. The van der Waals surface area contributed by atoms with Gasteiger partial charge in [-0.2, -0.15) is 0 Å². The molecule has 1 fully saturated rings. The average Bonchev–Trinajstić information content (AvgIpc) is 3.05. The van der Waals surface area contributed by atoms with Crippen LogP contribution in [0.4, 0.5) is 4.39 Å². The van der Waals surface area contributed by atoms with E-state index in [-0.39, 0.29) is 11.7 Å². The molecular formula is C19H21FN2O2. The lowest BCUT2D eigenvalue weighted by molar-refractivity contribution is -0.137. The van der Waals surface area contributed by atoms with E-state index in [0.717, 1.165) is 31.5 Å². The molecule has 3 rings (SSSR count). The van der Waals surface area contributed by atoms with Crippen LogP contribution >= 0.6 is 0 Å². The highest BCUT2D eigenvalue weighted by molar-refractivity contribution is 5.81. The van der Waals surface area contributed by atoms with Crippen LogP contribution in [-0.2, 0) is 11.2 Å². The zero-order chi connectivity index (χ0) is 16.9. The fourth-order valence-electron chi connectivity index (χ4n) is 3.08. The molecule has 1 aliphatic heterocycles. The van der Waals surface area contributed by atoms with Crippen LogP contribution in [0.15, 0.2) is 48.8 Å². The van der Waals surface area contributed by atoms with Gasteiger partial charge in [-0.05, 0) is 55.5 Å². The van der Waals surface area contributed by atoms with Gasteiger partial charge in [-0.15, -0.1) is 0 Å². The summed E-state index contributed by atoms with van der Waals surface area (Å²) in [6.45, 7) is 3.23. The predicted molar refractivity (Wildman–Crippen MR) is 89.1 cm³/mol. The summed E-state index contributed by atoms with van der Waals surface area (Å²) in [6.07, 6.45) is 4.56. The van der Waals surface area contributed by atoms with Crippen molar-refractivity contribution in [3.05, 3.63) is 60.2 Å². The van der Waals surface area contributed by atoms with E-state index >= 15 is 0 Å². The van der Waals surface area contributed by atoms with Crippen molar-refractivity contribution in [3.8, 4) is 5.75 Å². The predicted octanol–water partition coefficient (Wildman–Crippen LogP) is 3.08. The van der Waals surface area contributed by atoms with E-state index in [1.807, 2.05) is 17.0 Å². The van der Waals surface area contributed by atoms with E-state index in [4.69, 9.17) is 4.74 Å². The molecule has 24 heavy (non-hydrogen) atoms. The zero-order valence-corrected chi connectivity index (χ0v) is 13.7. The van der Waals surface area contributed by atoms with Gasteiger partial charge in [0.05, 0.1) is 6.20 Å². The van der Waals surface area contributed by atoms with Gasteiger partial charge in [0.25, 0.3) is 5.91 Å². The summed E-state index contributed by atoms with van der Waals surface area (Å²) < 4.78 is 18.6. The number of hydrogen-bond donors (Lipinski definition) is 0. The Balaban J connectivity index is 1.52. The summed E-state index contributed by atoms with van der Waals surface area (Å²) in [5, 5.41) is 0. The Kier molecular flexibility index (Phi) is 5.08. The highest BCUT2D eigenvalue weighted by Crippen LogP contribution is 2.22. The molecule has 2 aromatic rings. The summed E-state index contributed by atoms with van der Waals surface area (Å²) >= 11 is 0. The number of ether oxygens (including phenoxy) is 1. The smallest absolute Gasteiger partial charge is 0.263 e. The van der Waals surface area contributed by atoms with E-state index in [2.05, 4.69) is 4.98 Å². The van der Waals surface area contributed by atoms with Crippen LogP contribution in [0.3, 0.4) is 0 Å². The number of carbonyl (C=O) groups excluding carboxylic acids is 1. The zero-order valence-electron chi connectivity index (χ0n) is 13.7. The minimum atomic E-state index is -0.529. The molecule has 0 N–H and O–H groups in total. The van der Waals surface area contributed by atoms with Crippen molar-refractivity contribution in [1.29, 1.82) is 0 Å². The number of benzene rings is 1. The normalized spacial score (nSPS) is 18.4. The third-order valence-corrected chi connectivity index (χ3v) is 4.33. The lowest BCUT2D eigenvalue weighted by Gasteiger charge is -2.21. The molecule has 2 heterocycles. The highest BCUT2D eigenvalue weighted by Gasteiger charge is 2.30. The van der Waals surface area contributed by atoms with Crippen molar-refractivity contribution in [1.82, 2.24) is 9.88 Å². The molecule has 0 spiro atoms. The molecule has 1 saturated heterocycles. The maximum absolute atomic E-state index is 13.0. The molecular weight excluding hydrogens is 307 g/mol. The lowest BCUT2D eigenvalue weighted by Crippen LogP contribution is -2.39. The first-order valence-corrected chi connectivity index (χ1v) is 8.22. The molecule has 4 nitrogen and oxygen atoms in total. The largest absolute Gasteiger partial charge is 0.479 e. The van der Waals surface area contributed by atoms with E-state index in [1.54, 1.807) is 31.5 Å². The number of aromatic nitrogens is 1. The highest BCUT2D eigenvalue weighted by atomic mass is 19.1. The molecule has 1 aromatic heterocycles. The van der Waals surface area contributed by atoms with Crippen LogP contribution in [0.1, 0.15) is 18.9 Å². The Bertz CT molecular complexity index is 676. The topological polar surface area (TPSA) is 42.4 Å². The van der Waals surface area contributed by atoms with E-state index < -0.39 is 6.10 Å². The van der Waals surface area contributed by atoms with Crippen LogP contribution in [0.5, 0.6) is 5.75 Å². The fourth-order valence-corrected chi connectivity index (χ4v) is 3.08. The minimum absolute atomic E-state index is 0.000425. The Morgan fingerprint density at radius 2 is 2.17 bits per heavy atom. The van der Waals surface area contributed by atoms with Gasteiger partial charge in [-0.25, -0.2) is 4.39 Å². The van der Waals surface area contributed by atoms with Gasteiger partial charge in [-0.1, -0.05) is 12.1 Å². The first-order chi connectivity index (χ1) is 11.6. The molecule has 1 amide bonds. The third kappa shape index (κ3) is 4.10. The average molecular weight is 328 g/mol. The number of amides is 1. The van der Waals surface area contributed by atoms with Crippen molar-refractivity contribution in [2.75, 3.05) is 13.1 Å². The first-order valence-electron chi connectivity index (χ1n) is 8.22. The standard InChI is InChI=1S/C19H21FN2O2/c1-14(24-18-3-2-9-21-12-18)19(23)22-10-8-16(13-22)11-15-4-6-17(20)7-5-15/h2-7,9,12,14,16H,8,10-11,13H2,1H3. The number of carbonyl (C=O) groups is 1. The second-order valence-electron chi connectivity index (χ2n) is 6.22. The maximum atomic E-state index is 13.0. The second kappa shape index (κ2) is 7.43. The van der Waals surface area contributed by atoms with Crippen LogP contribution < -0.4 is 4.74 Å². The van der Waals surface area contributed by atoms with Gasteiger partial charge in [0.15, 0.2) is 6.10 Å². The van der Waals surface area contributed by atoms with Gasteiger partial charge in [0, 0.05) is 19.3 Å². The Morgan fingerprint density at radius 3 is 2.88 bits per heavy atom. The Labute approximate surface area is 141 Å². The van der Waals surface area contributed by atoms with Gasteiger partial charge < -0.3 is 9.64 Å². The molecule has 0 aliphatic carbocycles. The Morgan fingerprint density at radius 1 is 1.38 bits per heavy atom. The quantitative estimate of drug-likeness (QED) is 0.847. The van der Waals surface area contributed by atoms with Crippen LogP contribution in [0, 0.1) is 11.7 Å². The van der Waals surface area contributed by atoms with Gasteiger partial charge >= 0.3 is 0 Å². The van der Waals surface area contributed by atoms with Crippen molar-refractivity contribution >= 4 is 5.91 Å². The summed E-state index contributed by atoms with van der Waals surface area (Å²) in [7, 11) is 0. The fraction of sp³-hybridized carbons (Fsp3) is 0.368. The van der Waals surface area contributed by atoms with Crippen LogP contribution in [-0.4, -0.2) is 35.0 Å². The molecule has 5 heteroatoms. The lowest BCUT2D eigenvalue weighted by atomic mass is 9.99. The number of likely N-dealkylation sites (tertiary alicyclic amines) is 1. The SMILES string of the molecule is CC(Oc1cccnc1)C(=O)N1CCC(Cc2ccc(F)cc2)C1. The van der Waals surface area contributed by atoms with Crippen molar-refractivity contribution in [3.63, 3.8) is 0 Å². The molecule has 0 bridgehead atoms. The molecule has 126 valence electrons. The summed E-state index contributed by atoms with van der Waals surface area (Å²) in [6, 6.07) is 10.2. The van der Waals surface area contributed by atoms with Crippen LogP contribution in [0.25, 0.3) is 0 Å². The summed E-state index contributed by atoms with van der Waals surface area (Å²) in [5.74, 6) is 0.786. The van der Waals surface area contributed by atoms with Gasteiger partial charge in [-0.3, -0.25) is 9.78 Å². The van der Waals surface area contributed by atoms with Gasteiger partial charge in [0.2, 0.25) is 0 Å². The van der Waals surface area contributed by atoms with Crippen molar-refractivity contribution in [2.45, 2.75) is 25.9 Å². The number of halogens is 1. The van der Waals surface area contributed by atoms with Crippen molar-refractivity contribution < 1.29 is 13.9 Å². The number of nitrogens with zero attached hydrogens (tertiary/aromatic N) is 2. The molecule has 1 aromatic carbocycles. The molecule has 0 saturated carbocycles. The van der Waals surface area contributed by atoms with E-state index in [9.17, 15) is 9.18 Å². The summed E-state index contributed by atoms with van der Waals surface area (Å²) in [5.41, 5.74) is 1.11. The summed E-state index contributed by atoms with van der Waals surface area (Å²) in [4.78, 5) is 18.4. The number of hydrogen-bond acceptors (Lipinski definition) is 3.